The van der Waals surface area contributed by atoms with Crippen molar-refractivity contribution in [3.8, 4) is 0 Å². The Bertz CT molecular complexity index is 877. The average Bonchev–Trinajstić information content (AvgIpc) is 3.12. The lowest BCUT2D eigenvalue weighted by Crippen LogP contribution is -2.15. The minimum Gasteiger partial charge on any atom is -0.326 e. The number of hydrogen-bond acceptors (Lipinski definition) is 3. The quantitative estimate of drug-likeness (QED) is 0.717. The van der Waals surface area contributed by atoms with E-state index in [9.17, 15) is 14.0 Å². The summed E-state index contributed by atoms with van der Waals surface area (Å²) in [6.07, 6.45) is 0.145. The predicted octanol–water partition coefficient (Wildman–Crippen LogP) is 4.32. The van der Waals surface area contributed by atoms with Crippen LogP contribution in [0.3, 0.4) is 0 Å². The van der Waals surface area contributed by atoms with Crippen molar-refractivity contribution in [2.75, 3.05) is 10.6 Å². The maximum absolute atomic E-state index is 12.9. The molecule has 1 heterocycles. The molecule has 2 amide bonds. The van der Waals surface area contributed by atoms with Gasteiger partial charge in [0.05, 0.1) is 11.3 Å². The number of amides is 2. The molecule has 0 bridgehead atoms. The Morgan fingerprint density at radius 1 is 0.920 bits per heavy atom. The molecular weight excluding hydrogens is 339 g/mol. The number of hydrogen-bond donors (Lipinski definition) is 2. The van der Waals surface area contributed by atoms with E-state index in [2.05, 4.69) is 10.6 Å². The number of carbonyl (C=O) groups excluding carboxylic acids is 2. The van der Waals surface area contributed by atoms with E-state index < -0.39 is 0 Å². The first-order chi connectivity index (χ1) is 12.1. The Hall–Kier alpha value is -2.99. The Morgan fingerprint density at radius 2 is 1.64 bits per heavy atom. The van der Waals surface area contributed by atoms with Gasteiger partial charge < -0.3 is 10.6 Å². The lowest BCUT2D eigenvalue weighted by molar-refractivity contribution is -0.115. The van der Waals surface area contributed by atoms with E-state index in [-0.39, 0.29) is 24.1 Å². The van der Waals surface area contributed by atoms with Gasteiger partial charge in [-0.1, -0.05) is 24.3 Å². The van der Waals surface area contributed by atoms with Crippen molar-refractivity contribution in [1.82, 2.24) is 0 Å². The highest BCUT2D eigenvalue weighted by Gasteiger charge is 2.08. The van der Waals surface area contributed by atoms with Crippen molar-refractivity contribution >= 4 is 34.5 Å². The molecule has 4 nitrogen and oxygen atoms in total. The standard InChI is InChI=1S/C19H15FN2O2S/c20-14-8-6-13(7-9-14)11-18(23)21-15-3-1-4-16(12-15)22-19(24)17-5-2-10-25-17/h1-10,12H,11H2,(H,21,23)(H,22,24). The largest absolute Gasteiger partial charge is 0.326 e. The molecule has 3 aromatic rings. The van der Waals surface area contributed by atoms with Gasteiger partial charge in [0, 0.05) is 11.4 Å². The Morgan fingerprint density at radius 3 is 2.32 bits per heavy atom. The van der Waals surface area contributed by atoms with Crippen LogP contribution in [0.25, 0.3) is 0 Å². The van der Waals surface area contributed by atoms with Gasteiger partial charge in [0.1, 0.15) is 5.82 Å². The highest BCUT2D eigenvalue weighted by Crippen LogP contribution is 2.18. The van der Waals surface area contributed by atoms with E-state index in [0.29, 0.717) is 16.3 Å². The number of anilines is 2. The summed E-state index contributed by atoms with van der Waals surface area (Å²) in [5.41, 5.74) is 1.90. The molecule has 0 spiro atoms. The molecule has 25 heavy (non-hydrogen) atoms. The molecule has 0 unspecified atom stereocenters. The second-order valence-corrected chi connectivity index (χ2v) is 6.31. The molecule has 2 aromatic carbocycles. The van der Waals surface area contributed by atoms with Crippen molar-refractivity contribution < 1.29 is 14.0 Å². The van der Waals surface area contributed by atoms with Gasteiger partial charge >= 0.3 is 0 Å². The molecule has 0 fully saturated rings. The maximum atomic E-state index is 12.9. The lowest BCUT2D eigenvalue weighted by Gasteiger charge is -2.08. The van der Waals surface area contributed by atoms with Crippen molar-refractivity contribution in [2.24, 2.45) is 0 Å². The molecule has 0 atom stereocenters. The molecule has 0 aliphatic carbocycles. The van der Waals surface area contributed by atoms with E-state index >= 15 is 0 Å². The van der Waals surface area contributed by atoms with Crippen LogP contribution in [0.4, 0.5) is 15.8 Å². The van der Waals surface area contributed by atoms with Crippen LogP contribution in [0.5, 0.6) is 0 Å². The molecule has 3 rings (SSSR count). The van der Waals surface area contributed by atoms with Crippen LogP contribution in [0.2, 0.25) is 0 Å². The molecule has 0 radical (unpaired) electrons. The first-order valence-corrected chi connectivity index (χ1v) is 8.47. The van der Waals surface area contributed by atoms with Crippen LogP contribution in [0, 0.1) is 5.82 Å². The van der Waals surface area contributed by atoms with Crippen molar-refractivity contribution in [2.45, 2.75) is 6.42 Å². The third kappa shape index (κ3) is 4.74. The first-order valence-electron chi connectivity index (χ1n) is 7.59. The molecule has 0 aliphatic rings. The van der Waals surface area contributed by atoms with E-state index in [0.717, 1.165) is 5.56 Å². The van der Waals surface area contributed by atoms with Crippen LogP contribution in [-0.2, 0) is 11.2 Å². The monoisotopic (exact) mass is 354 g/mol. The summed E-state index contributed by atoms with van der Waals surface area (Å²) >= 11 is 1.36. The first kappa shape index (κ1) is 16.9. The molecule has 2 N–H and O–H groups in total. The van der Waals surface area contributed by atoms with Gasteiger partial charge in [-0.3, -0.25) is 9.59 Å². The van der Waals surface area contributed by atoms with Crippen molar-refractivity contribution in [1.29, 1.82) is 0 Å². The zero-order valence-corrected chi connectivity index (χ0v) is 14.0. The second kappa shape index (κ2) is 7.72. The molecule has 126 valence electrons. The maximum Gasteiger partial charge on any atom is 0.265 e. The molecule has 6 heteroatoms. The predicted molar refractivity (Wildman–Crippen MR) is 97.4 cm³/mol. The normalized spacial score (nSPS) is 10.3. The topological polar surface area (TPSA) is 58.2 Å². The number of halogens is 1. The molecule has 1 aromatic heterocycles. The highest BCUT2D eigenvalue weighted by molar-refractivity contribution is 7.12. The van der Waals surface area contributed by atoms with Gasteiger partial charge in [-0.2, -0.15) is 0 Å². The Labute approximate surface area is 148 Å². The fraction of sp³-hybridized carbons (Fsp3) is 0.0526. The van der Waals surface area contributed by atoms with Gasteiger partial charge in [-0.05, 0) is 47.3 Å². The number of carbonyl (C=O) groups is 2. The summed E-state index contributed by atoms with van der Waals surface area (Å²) in [6.45, 7) is 0. The Balaban J connectivity index is 1.62. The smallest absolute Gasteiger partial charge is 0.265 e. The molecule has 0 saturated carbocycles. The zero-order valence-electron chi connectivity index (χ0n) is 13.2. The highest BCUT2D eigenvalue weighted by atomic mass is 32.1. The second-order valence-electron chi connectivity index (χ2n) is 5.36. The molecule has 0 saturated heterocycles. The summed E-state index contributed by atoms with van der Waals surface area (Å²) in [7, 11) is 0. The third-order valence-corrected chi connectivity index (χ3v) is 4.30. The van der Waals surface area contributed by atoms with Gasteiger partial charge in [0.15, 0.2) is 0 Å². The summed E-state index contributed by atoms with van der Waals surface area (Å²) in [5, 5.41) is 7.40. The fourth-order valence-corrected chi connectivity index (χ4v) is 2.89. The van der Waals surface area contributed by atoms with Crippen molar-refractivity contribution in [3.05, 3.63) is 82.3 Å². The van der Waals surface area contributed by atoms with Gasteiger partial charge in [-0.15, -0.1) is 11.3 Å². The summed E-state index contributed by atoms with van der Waals surface area (Å²) in [6, 6.07) is 16.3. The van der Waals surface area contributed by atoms with E-state index in [4.69, 9.17) is 0 Å². The van der Waals surface area contributed by atoms with E-state index in [1.54, 1.807) is 42.5 Å². The number of thiophene rings is 1. The number of benzene rings is 2. The number of rotatable bonds is 5. The summed E-state index contributed by atoms with van der Waals surface area (Å²) in [5.74, 6) is -0.739. The fourth-order valence-electron chi connectivity index (χ4n) is 2.27. The minimum atomic E-state index is -0.335. The van der Waals surface area contributed by atoms with Gasteiger partial charge in [0.2, 0.25) is 5.91 Å². The zero-order chi connectivity index (χ0) is 17.6. The van der Waals surface area contributed by atoms with Crippen molar-refractivity contribution in [3.63, 3.8) is 0 Å². The minimum absolute atomic E-state index is 0.145. The summed E-state index contributed by atoms with van der Waals surface area (Å²) < 4.78 is 12.9. The van der Waals surface area contributed by atoms with Crippen LogP contribution in [0.15, 0.2) is 66.0 Å². The van der Waals surface area contributed by atoms with Gasteiger partial charge in [-0.25, -0.2) is 4.39 Å². The van der Waals surface area contributed by atoms with Crippen LogP contribution < -0.4 is 10.6 Å². The Kier molecular flexibility index (Phi) is 5.20. The lowest BCUT2D eigenvalue weighted by atomic mass is 10.1. The van der Waals surface area contributed by atoms with Crippen LogP contribution in [-0.4, -0.2) is 11.8 Å². The molecular formula is C19H15FN2O2S. The third-order valence-electron chi connectivity index (χ3n) is 3.43. The van der Waals surface area contributed by atoms with Crippen LogP contribution >= 0.6 is 11.3 Å². The van der Waals surface area contributed by atoms with E-state index in [1.165, 1.54) is 23.5 Å². The summed E-state index contributed by atoms with van der Waals surface area (Å²) in [4.78, 5) is 24.8. The van der Waals surface area contributed by atoms with Gasteiger partial charge in [0.25, 0.3) is 5.91 Å². The average molecular weight is 354 g/mol. The van der Waals surface area contributed by atoms with Crippen LogP contribution in [0.1, 0.15) is 15.2 Å². The molecule has 0 aliphatic heterocycles. The van der Waals surface area contributed by atoms with E-state index in [1.807, 2.05) is 11.4 Å². The number of nitrogens with one attached hydrogen (secondary N) is 2. The SMILES string of the molecule is O=C(Cc1ccc(F)cc1)Nc1cccc(NC(=O)c2cccs2)c1.